The van der Waals surface area contributed by atoms with Crippen LogP contribution in [0.1, 0.15) is 270 Å². The van der Waals surface area contributed by atoms with Crippen LogP contribution in [0, 0.1) is 5.92 Å². The van der Waals surface area contributed by atoms with Crippen LogP contribution in [0.15, 0.2) is 146 Å². The van der Waals surface area contributed by atoms with Gasteiger partial charge >= 0.3 is 59.8 Å². The molecule has 4 aliphatic rings. The maximum absolute atomic E-state index is 15.9. The third-order valence-electron chi connectivity index (χ3n) is 25.7. The monoisotopic (exact) mass is 2040 g/mol. The standard InChI is InChI=1S/C109H151F3N2O31/c1-13-15-17-19-21-23-25-27-29-31-33-39-49-82(50-40-34-32-30-28-26-24-22-20-18-16-14-2)67-133-103-91(113-72(4)115)96(143-104-100(132-66-81-55-45-37-46-56-81)98(131-65-80-53-43-36-44-54-80)92(71(3)134-104)130-64-79-51-41-35-42-52-79)93(89(139-103)70-129-85-61-59-84(125-11)60-62-85)142-105-101(141-102(122)83-57-47-38-48-58-83)99(95(138-78(10)121)88(140-105)69-128-74(6)117)145-108(107(124)126-12)63-86(135-75(7)118)90(114-106(123)109(110,111)112)97(144-108)94(137-77(9)120)87(136-76(8)119)68-127-73(5)116/h35-38,41-48,51-62,71,82,86-101,103-105H,13-34,39-40,49-50,63-70H2,1-12H3,(H,113,115)(H,114,123)/t71-,86-,87+,88+,89+,90+,91+,92+,93+,94+,95-,96+,97+,98+,99-,100-,101+,103+,104-,105-,108-/m0/s1. The number of carbonyl (C=O) groups is 10. The van der Waals surface area contributed by atoms with Gasteiger partial charge in [-0.15, -0.1) is 0 Å². The summed E-state index contributed by atoms with van der Waals surface area (Å²) in [6.45, 7) is 10.0. The topological polar surface area (TPSA) is 389 Å². The van der Waals surface area contributed by atoms with Crippen molar-refractivity contribution in [1.29, 1.82) is 0 Å². The molecule has 0 radical (unpaired) electrons. The SMILES string of the molecule is CCCCCCCCCCCCCCC(CCCCCCCCCCCCCC)CO[C@@H]1O[C@H](COc2ccc(OC)cc2)[C@@H](O[C@@H]2O[C@H](COC(C)=O)[C@H](OC(C)=O)[C@H](O[C@]3(C(=O)OC)C[C@H](OC(C)=O)[C@@H](NC(=O)C(F)(F)F)[C@H]([C@H](OC(C)=O)[C@@H](COC(C)=O)OC(C)=O)O3)[C@H]2OC(=O)c2ccccc2)[C@H](O[C@@H]2O[C@@H](C)[C@@H](OCc3ccccc3)[C@@H](OCc3ccccc3)[C@@H]2OCc2ccccc2)[C@H]1NC(C)=O. The number of ether oxygens (including phenoxy) is 21. The van der Waals surface area contributed by atoms with Crippen LogP contribution >= 0.6 is 0 Å². The molecule has 0 aromatic heterocycles. The number of benzene rings is 5. The number of amides is 2. The highest BCUT2D eigenvalue weighted by Crippen LogP contribution is 2.45. The molecular formula is C109H151F3N2O31. The van der Waals surface area contributed by atoms with Crippen molar-refractivity contribution in [3.8, 4) is 11.5 Å². The summed E-state index contributed by atoms with van der Waals surface area (Å²) in [5, 5.41) is 4.83. The Morgan fingerprint density at radius 3 is 1.37 bits per heavy atom. The third kappa shape index (κ3) is 39.7. The predicted octanol–water partition coefficient (Wildman–Crippen LogP) is 17.3. The van der Waals surface area contributed by atoms with Crippen LogP contribution in [0.4, 0.5) is 13.2 Å². The normalized spacial score (nSPS) is 24.6. The summed E-state index contributed by atoms with van der Waals surface area (Å²) in [5.74, 6) is -16.5. The summed E-state index contributed by atoms with van der Waals surface area (Å²) in [4.78, 5) is 141. The van der Waals surface area contributed by atoms with E-state index >= 15 is 22.8 Å². The zero-order valence-electron chi connectivity index (χ0n) is 85.8. The Bertz CT molecular complexity index is 4640. The predicted molar refractivity (Wildman–Crippen MR) is 522 cm³/mol. The van der Waals surface area contributed by atoms with Crippen molar-refractivity contribution in [3.63, 3.8) is 0 Å². The summed E-state index contributed by atoms with van der Waals surface area (Å²) in [6.07, 6.45) is -12.9. The summed E-state index contributed by atoms with van der Waals surface area (Å²) in [6, 6.07) is 37.6. The highest BCUT2D eigenvalue weighted by Gasteiger charge is 2.66. The number of alkyl halides is 3. The molecule has 0 bridgehead atoms. The number of carbonyl (C=O) groups excluding carboxylic acids is 10. The van der Waals surface area contributed by atoms with Crippen molar-refractivity contribution < 1.29 is 161 Å². The average molecular weight is 2040 g/mol. The summed E-state index contributed by atoms with van der Waals surface area (Å²) in [7, 11) is 2.26. The van der Waals surface area contributed by atoms with Gasteiger partial charge in [-0.3, -0.25) is 38.4 Å². The van der Waals surface area contributed by atoms with E-state index in [9.17, 15) is 38.4 Å². The number of methoxy groups -OCH3 is 2. The minimum atomic E-state index is -5.80. The van der Waals surface area contributed by atoms with Crippen LogP contribution in [0.3, 0.4) is 0 Å². The van der Waals surface area contributed by atoms with E-state index in [-0.39, 0.29) is 43.7 Å². The van der Waals surface area contributed by atoms with E-state index in [1.165, 1.54) is 128 Å². The fourth-order valence-corrected chi connectivity index (χ4v) is 18.5. The van der Waals surface area contributed by atoms with Crippen LogP contribution in [-0.2, 0) is 153 Å². The molecule has 145 heavy (non-hydrogen) atoms. The summed E-state index contributed by atoms with van der Waals surface area (Å²) in [5.41, 5.74) is 2.04. The van der Waals surface area contributed by atoms with E-state index in [1.54, 1.807) is 42.6 Å². The number of halogens is 3. The number of nitrogens with one attached hydrogen (secondary N) is 2. The molecule has 0 spiro atoms. The quantitative estimate of drug-likeness (QED) is 0.0207. The molecule has 9 rings (SSSR count). The van der Waals surface area contributed by atoms with Gasteiger partial charge in [-0.25, -0.2) is 9.59 Å². The van der Waals surface area contributed by atoms with E-state index in [0.717, 1.165) is 137 Å². The Labute approximate surface area is 849 Å². The van der Waals surface area contributed by atoms with Crippen LogP contribution in [0.5, 0.6) is 11.5 Å². The summed E-state index contributed by atoms with van der Waals surface area (Å²) < 4.78 is 184. The van der Waals surface area contributed by atoms with Gasteiger partial charge in [0, 0.05) is 48.5 Å². The fourth-order valence-electron chi connectivity index (χ4n) is 18.5. The van der Waals surface area contributed by atoms with Crippen molar-refractivity contribution in [2.24, 2.45) is 5.92 Å². The lowest BCUT2D eigenvalue weighted by atomic mass is 9.87. The molecule has 4 heterocycles. The Kier molecular flexibility index (Phi) is 51.2. The minimum absolute atomic E-state index is 0.0202. The molecular weight excluding hydrogens is 1890 g/mol. The van der Waals surface area contributed by atoms with Crippen molar-refractivity contribution >= 4 is 59.6 Å². The first-order valence-electron chi connectivity index (χ1n) is 51.2. The Morgan fingerprint density at radius 2 is 0.890 bits per heavy atom. The number of hydrogen-bond acceptors (Lipinski definition) is 31. The largest absolute Gasteiger partial charge is 0.497 e. The number of hydrogen-bond donors (Lipinski definition) is 2. The Morgan fingerprint density at radius 1 is 0.428 bits per heavy atom. The van der Waals surface area contributed by atoms with Gasteiger partial charge in [0.1, 0.15) is 98.4 Å². The highest BCUT2D eigenvalue weighted by molar-refractivity contribution is 5.89. The maximum Gasteiger partial charge on any atom is 0.471 e. The molecule has 4 aliphatic heterocycles. The summed E-state index contributed by atoms with van der Waals surface area (Å²) >= 11 is 0. The Hall–Kier alpha value is -10.3. The van der Waals surface area contributed by atoms with Gasteiger partial charge in [0.05, 0.1) is 64.8 Å². The number of unbranched alkanes of at least 4 members (excludes halogenated alkanes) is 22. The molecule has 4 saturated heterocycles. The number of esters is 8. The second-order valence-electron chi connectivity index (χ2n) is 37.4. The lowest BCUT2D eigenvalue weighted by molar-refractivity contribution is -0.392. The number of rotatable bonds is 63. The molecule has 36 heteroatoms. The lowest BCUT2D eigenvalue weighted by Crippen LogP contribution is -2.73. The minimum Gasteiger partial charge on any atom is -0.497 e. The van der Waals surface area contributed by atoms with Gasteiger partial charge < -0.3 is 110 Å². The third-order valence-corrected chi connectivity index (χ3v) is 25.7. The van der Waals surface area contributed by atoms with E-state index in [1.807, 2.05) is 91.0 Å². The average Bonchev–Trinajstić information content (AvgIpc) is 0.736. The van der Waals surface area contributed by atoms with Gasteiger partial charge in [0.25, 0.3) is 5.79 Å². The lowest BCUT2D eigenvalue weighted by Gasteiger charge is -2.53. The molecule has 2 N–H and O–H groups in total. The van der Waals surface area contributed by atoms with Crippen LogP contribution < -0.4 is 20.1 Å². The molecule has 4 fully saturated rings. The molecule has 0 saturated carbocycles. The van der Waals surface area contributed by atoms with Gasteiger partial charge in [-0.1, -0.05) is 277 Å². The van der Waals surface area contributed by atoms with E-state index < -0.39 is 220 Å². The molecule has 0 aliphatic carbocycles. The van der Waals surface area contributed by atoms with Gasteiger partial charge in [0.15, 0.2) is 43.3 Å². The van der Waals surface area contributed by atoms with Crippen molar-refractivity contribution in [1.82, 2.24) is 10.6 Å². The van der Waals surface area contributed by atoms with Gasteiger partial charge in [-0.05, 0) is 78.8 Å². The molecule has 2 amide bonds. The second kappa shape index (κ2) is 62.8. The smallest absolute Gasteiger partial charge is 0.471 e. The zero-order valence-corrected chi connectivity index (χ0v) is 85.8. The van der Waals surface area contributed by atoms with Crippen molar-refractivity contribution in [3.05, 3.63) is 168 Å². The van der Waals surface area contributed by atoms with Gasteiger partial charge in [0.2, 0.25) is 5.91 Å². The van der Waals surface area contributed by atoms with E-state index in [4.69, 9.17) is 99.5 Å². The van der Waals surface area contributed by atoms with E-state index in [2.05, 4.69) is 19.2 Å². The van der Waals surface area contributed by atoms with Crippen molar-refractivity contribution in [2.45, 2.75) is 397 Å². The van der Waals surface area contributed by atoms with Crippen LogP contribution in [-0.4, -0.2) is 235 Å². The van der Waals surface area contributed by atoms with Crippen molar-refractivity contribution in [2.75, 3.05) is 40.6 Å². The first-order chi connectivity index (χ1) is 69.8. The van der Waals surface area contributed by atoms with Gasteiger partial charge in [-0.2, -0.15) is 13.2 Å². The molecule has 5 aromatic rings. The molecule has 804 valence electrons. The molecule has 33 nitrogen and oxygen atoms in total. The van der Waals surface area contributed by atoms with Crippen LogP contribution in [0.25, 0.3) is 0 Å². The first kappa shape index (κ1) is 118. The highest BCUT2D eigenvalue weighted by atomic mass is 19.4. The molecule has 21 atom stereocenters. The maximum atomic E-state index is 15.9. The first-order valence-corrected chi connectivity index (χ1v) is 51.2. The molecule has 5 aromatic carbocycles. The zero-order chi connectivity index (χ0) is 105. The van der Waals surface area contributed by atoms with Crippen LogP contribution in [0.2, 0.25) is 0 Å². The fraction of sp³-hybridized carbons (Fsp3) is 0.633. The Balaban J connectivity index is 1.29. The second-order valence-corrected chi connectivity index (χ2v) is 37.4. The molecule has 0 unspecified atom stereocenters. The van der Waals surface area contributed by atoms with E-state index in [0.29, 0.717) is 11.3 Å².